The molecule has 0 spiro atoms. The highest BCUT2D eigenvalue weighted by atomic mass is 16.1. The van der Waals surface area contributed by atoms with Gasteiger partial charge in [-0.2, -0.15) is 5.10 Å². The highest BCUT2D eigenvalue weighted by molar-refractivity contribution is 5.92. The molecule has 0 saturated carbocycles. The summed E-state index contributed by atoms with van der Waals surface area (Å²) in [4.78, 5) is 15.9. The van der Waals surface area contributed by atoms with E-state index in [0.29, 0.717) is 5.69 Å². The molecule has 0 amide bonds. The predicted molar refractivity (Wildman–Crippen MR) is 61.7 cm³/mol. The van der Waals surface area contributed by atoms with Crippen LogP contribution in [0.1, 0.15) is 44.0 Å². The Labute approximate surface area is 94.3 Å². The van der Waals surface area contributed by atoms with Crippen LogP contribution in [0.25, 0.3) is 5.65 Å². The van der Waals surface area contributed by atoms with E-state index in [1.54, 1.807) is 10.6 Å². The summed E-state index contributed by atoms with van der Waals surface area (Å²) in [6.45, 7) is 7.69. The number of ketones is 1. The summed E-state index contributed by atoms with van der Waals surface area (Å²) in [6.07, 6.45) is 0. The minimum absolute atomic E-state index is 0.00374. The van der Waals surface area contributed by atoms with E-state index in [0.717, 1.165) is 11.5 Å². The maximum absolute atomic E-state index is 11.4. The number of carbonyl (C=O) groups excluding carboxylic acids is 1. The van der Waals surface area contributed by atoms with Gasteiger partial charge in [-0.1, -0.05) is 26.8 Å². The molecule has 0 aliphatic rings. The van der Waals surface area contributed by atoms with Crippen molar-refractivity contribution in [3.63, 3.8) is 0 Å². The molecule has 4 heteroatoms. The van der Waals surface area contributed by atoms with Crippen LogP contribution in [0.2, 0.25) is 0 Å². The molecule has 84 valence electrons. The molecule has 0 saturated heterocycles. The van der Waals surface area contributed by atoms with Crippen molar-refractivity contribution < 1.29 is 4.79 Å². The molecule has 0 aromatic carbocycles. The van der Waals surface area contributed by atoms with Gasteiger partial charge in [-0.25, -0.2) is 9.50 Å². The Balaban J connectivity index is 2.71. The summed E-state index contributed by atoms with van der Waals surface area (Å²) in [6, 6.07) is 5.44. The number of carbonyl (C=O) groups is 1. The van der Waals surface area contributed by atoms with Crippen LogP contribution < -0.4 is 0 Å². The van der Waals surface area contributed by atoms with Gasteiger partial charge in [0.05, 0.1) is 0 Å². The van der Waals surface area contributed by atoms with Gasteiger partial charge >= 0.3 is 0 Å². The Morgan fingerprint density at radius 3 is 2.56 bits per heavy atom. The molecular weight excluding hydrogens is 202 g/mol. The van der Waals surface area contributed by atoms with Crippen molar-refractivity contribution in [1.82, 2.24) is 14.6 Å². The molecule has 4 nitrogen and oxygen atoms in total. The number of hydrogen-bond donors (Lipinski definition) is 0. The lowest BCUT2D eigenvalue weighted by Gasteiger charge is -2.11. The zero-order valence-electron chi connectivity index (χ0n) is 9.98. The fraction of sp³-hybridized carbons (Fsp3) is 0.417. The van der Waals surface area contributed by atoms with E-state index in [1.165, 1.54) is 6.92 Å². The Kier molecular flexibility index (Phi) is 2.30. The van der Waals surface area contributed by atoms with Crippen molar-refractivity contribution in [2.75, 3.05) is 0 Å². The Bertz CT molecular complexity index is 549. The minimum atomic E-state index is -0.111. The van der Waals surface area contributed by atoms with Crippen LogP contribution in [0.5, 0.6) is 0 Å². The lowest BCUT2D eigenvalue weighted by molar-refractivity contribution is 0.101. The molecule has 2 aromatic heterocycles. The molecule has 0 aliphatic heterocycles. The number of pyridine rings is 1. The van der Waals surface area contributed by atoms with Gasteiger partial charge in [0.25, 0.3) is 0 Å². The van der Waals surface area contributed by atoms with Gasteiger partial charge < -0.3 is 0 Å². The van der Waals surface area contributed by atoms with Crippen molar-refractivity contribution in [2.45, 2.75) is 33.1 Å². The van der Waals surface area contributed by atoms with Crippen molar-refractivity contribution in [3.05, 3.63) is 29.7 Å². The second-order valence-corrected chi connectivity index (χ2v) is 4.92. The summed E-state index contributed by atoms with van der Waals surface area (Å²) in [5, 5.41) is 4.39. The SMILES string of the molecule is CC(=O)c1cccc2nc(C(C)(C)C)nn12. The van der Waals surface area contributed by atoms with Gasteiger partial charge in [0.15, 0.2) is 17.3 Å². The lowest BCUT2D eigenvalue weighted by atomic mass is 9.96. The number of fused-ring (bicyclic) bond motifs is 1. The third-order valence-electron chi connectivity index (χ3n) is 2.39. The van der Waals surface area contributed by atoms with E-state index < -0.39 is 0 Å². The van der Waals surface area contributed by atoms with Crippen LogP contribution in [0.3, 0.4) is 0 Å². The topological polar surface area (TPSA) is 47.3 Å². The number of nitrogens with zero attached hydrogens (tertiary/aromatic N) is 3. The van der Waals surface area contributed by atoms with E-state index in [9.17, 15) is 4.79 Å². The second-order valence-electron chi connectivity index (χ2n) is 4.92. The summed E-state index contributed by atoms with van der Waals surface area (Å²) in [7, 11) is 0. The molecule has 0 radical (unpaired) electrons. The summed E-state index contributed by atoms with van der Waals surface area (Å²) >= 11 is 0. The molecular formula is C12H15N3O. The molecule has 2 heterocycles. The molecule has 2 rings (SSSR count). The predicted octanol–water partition coefficient (Wildman–Crippen LogP) is 2.23. The number of rotatable bonds is 1. The largest absolute Gasteiger partial charge is 0.293 e. The molecule has 0 atom stereocenters. The molecule has 0 aliphatic carbocycles. The van der Waals surface area contributed by atoms with Gasteiger partial charge in [0.1, 0.15) is 5.69 Å². The maximum Gasteiger partial charge on any atom is 0.178 e. The first-order chi connectivity index (χ1) is 7.39. The Morgan fingerprint density at radius 2 is 2.00 bits per heavy atom. The van der Waals surface area contributed by atoms with Crippen LogP contribution in [0.15, 0.2) is 18.2 Å². The third kappa shape index (κ3) is 1.71. The molecule has 0 N–H and O–H groups in total. The van der Waals surface area contributed by atoms with Crippen molar-refractivity contribution in [3.8, 4) is 0 Å². The van der Waals surface area contributed by atoms with Gasteiger partial charge in [0, 0.05) is 12.3 Å². The Morgan fingerprint density at radius 1 is 1.31 bits per heavy atom. The monoisotopic (exact) mass is 217 g/mol. The van der Waals surface area contributed by atoms with Crippen molar-refractivity contribution in [2.24, 2.45) is 0 Å². The normalized spacial score (nSPS) is 12.0. The average molecular weight is 217 g/mol. The van der Waals surface area contributed by atoms with Crippen LogP contribution in [-0.4, -0.2) is 20.4 Å². The number of hydrogen-bond acceptors (Lipinski definition) is 3. The summed E-state index contributed by atoms with van der Waals surface area (Å²) < 4.78 is 1.61. The first-order valence-electron chi connectivity index (χ1n) is 5.27. The van der Waals surface area contributed by atoms with E-state index in [-0.39, 0.29) is 11.2 Å². The Hall–Kier alpha value is -1.71. The summed E-state index contributed by atoms with van der Waals surface area (Å²) in [5.41, 5.74) is 1.18. The van der Waals surface area contributed by atoms with Gasteiger partial charge in [-0.05, 0) is 12.1 Å². The van der Waals surface area contributed by atoms with Crippen molar-refractivity contribution in [1.29, 1.82) is 0 Å². The van der Waals surface area contributed by atoms with Gasteiger partial charge in [-0.15, -0.1) is 0 Å². The molecule has 0 fully saturated rings. The van der Waals surface area contributed by atoms with Crippen LogP contribution in [0, 0.1) is 0 Å². The van der Waals surface area contributed by atoms with Crippen molar-refractivity contribution >= 4 is 11.4 Å². The minimum Gasteiger partial charge on any atom is -0.293 e. The standard InChI is InChI=1S/C12H15N3O/c1-8(16)9-6-5-7-10-13-11(12(2,3)4)14-15(9)10/h5-7H,1-4H3. The molecule has 16 heavy (non-hydrogen) atoms. The summed E-state index contributed by atoms with van der Waals surface area (Å²) in [5.74, 6) is 0.747. The van der Waals surface area contributed by atoms with E-state index in [4.69, 9.17) is 0 Å². The van der Waals surface area contributed by atoms with Crippen LogP contribution >= 0.6 is 0 Å². The van der Waals surface area contributed by atoms with Gasteiger partial charge in [-0.3, -0.25) is 4.79 Å². The maximum atomic E-state index is 11.4. The zero-order chi connectivity index (χ0) is 11.9. The van der Waals surface area contributed by atoms with E-state index >= 15 is 0 Å². The van der Waals surface area contributed by atoms with Gasteiger partial charge in [0.2, 0.25) is 0 Å². The first kappa shape index (κ1) is 10.8. The van der Waals surface area contributed by atoms with Crippen LogP contribution in [-0.2, 0) is 5.41 Å². The smallest absolute Gasteiger partial charge is 0.178 e. The van der Waals surface area contributed by atoms with E-state index in [2.05, 4.69) is 30.9 Å². The highest BCUT2D eigenvalue weighted by Gasteiger charge is 2.20. The molecule has 0 unspecified atom stereocenters. The third-order valence-corrected chi connectivity index (χ3v) is 2.39. The molecule has 2 aromatic rings. The van der Waals surface area contributed by atoms with E-state index in [1.807, 2.05) is 12.1 Å². The number of aromatic nitrogens is 3. The molecule has 0 bridgehead atoms. The lowest BCUT2D eigenvalue weighted by Crippen LogP contribution is -2.14. The highest BCUT2D eigenvalue weighted by Crippen LogP contribution is 2.19. The fourth-order valence-corrected chi connectivity index (χ4v) is 1.49. The zero-order valence-corrected chi connectivity index (χ0v) is 9.98. The first-order valence-corrected chi connectivity index (χ1v) is 5.27. The average Bonchev–Trinajstić information content (AvgIpc) is 2.59. The van der Waals surface area contributed by atoms with Crippen LogP contribution in [0.4, 0.5) is 0 Å². The number of Topliss-reactive ketones (excluding diaryl/α,β-unsaturated/α-hetero) is 1. The fourth-order valence-electron chi connectivity index (χ4n) is 1.49. The quantitative estimate of drug-likeness (QED) is 0.688. The second kappa shape index (κ2) is 3.40.